The number of carbonyl (C=O) groups is 2. The van der Waals surface area contributed by atoms with Crippen LogP contribution >= 0.6 is 0 Å². The summed E-state index contributed by atoms with van der Waals surface area (Å²) in [5.41, 5.74) is 2.95. The topological polar surface area (TPSA) is 89.4 Å². The lowest BCUT2D eigenvalue weighted by molar-refractivity contribution is -0.142. The second kappa shape index (κ2) is 10.6. The first-order chi connectivity index (χ1) is 15.7. The maximum Gasteiger partial charge on any atom is 0.247 e. The van der Waals surface area contributed by atoms with E-state index in [4.69, 9.17) is 4.74 Å². The van der Waals surface area contributed by atoms with Crippen LogP contribution in [0.15, 0.2) is 48.5 Å². The molecular formula is C25H33N5O3. The van der Waals surface area contributed by atoms with Crippen LogP contribution in [-0.2, 0) is 27.3 Å². The van der Waals surface area contributed by atoms with E-state index in [1.807, 2.05) is 69.3 Å². The molecule has 8 heteroatoms. The molecule has 0 saturated heterocycles. The molecule has 3 rings (SSSR count). The Kier molecular flexibility index (Phi) is 7.81. The van der Waals surface area contributed by atoms with Crippen molar-refractivity contribution in [2.24, 2.45) is 0 Å². The highest BCUT2D eigenvalue weighted by atomic mass is 16.5. The third-order valence-electron chi connectivity index (χ3n) is 5.32. The van der Waals surface area contributed by atoms with E-state index in [2.05, 4.69) is 22.6 Å². The van der Waals surface area contributed by atoms with Crippen molar-refractivity contribution in [3.8, 4) is 0 Å². The zero-order chi connectivity index (χ0) is 24.0. The molecule has 3 aromatic rings. The molecule has 0 bridgehead atoms. The minimum atomic E-state index is -0.799. The number of aryl methyl sites for hydroxylation is 1. The molecule has 0 saturated carbocycles. The van der Waals surface area contributed by atoms with E-state index in [9.17, 15) is 9.59 Å². The molecule has 2 aromatic carbocycles. The van der Waals surface area contributed by atoms with Crippen LogP contribution < -0.4 is 5.32 Å². The Morgan fingerprint density at radius 1 is 1.12 bits per heavy atom. The summed E-state index contributed by atoms with van der Waals surface area (Å²) in [4.78, 5) is 28.6. The van der Waals surface area contributed by atoms with Crippen LogP contribution in [-0.4, -0.2) is 57.5 Å². The molecular weight excluding hydrogens is 418 g/mol. The Hall–Kier alpha value is -3.26. The van der Waals surface area contributed by atoms with Gasteiger partial charge in [-0.2, -0.15) is 0 Å². The van der Waals surface area contributed by atoms with Crippen LogP contribution in [0.3, 0.4) is 0 Å². The smallest absolute Gasteiger partial charge is 0.247 e. The van der Waals surface area contributed by atoms with Gasteiger partial charge in [0.15, 0.2) is 0 Å². The van der Waals surface area contributed by atoms with E-state index in [-0.39, 0.29) is 24.9 Å². The van der Waals surface area contributed by atoms with E-state index in [1.165, 1.54) is 0 Å². The molecule has 0 radical (unpaired) electrons. The Balaban J connectivity index is 1.98. The third-order valence-corrected chi connectivity index (χ3v) is 5.32. The summed E-state index contributed by atoms with van der Waals surface area (Å²) in [6.45, 7) is 8.38. The van der Waals surface area contributed by atoms with Gasteiger partial charge in [0, 0.05) is 19.2 Å². The van der Waals surface area contributed by atoms with E-state index in [0.29, 0.717) is 12.1 Å². The SMILES string of the molecule is CCc1ccc(C(C(=O)NC(C)(C)C)N(CCOC)C(=O)Cn2nnc3ccccc32)cc1. The van der Waals surface area contributed by atoms with Crippen molar-refractivity contribution in [2.45, 2.75) is 52.2 Å². The van der Waals surface area contributed by atoms with Gasteiger partial charge in [-0.05, 0) is 50.5 Å². The first kappa shape index (κ1) is 24.4. The molecule has 1 aromatic heterocycles. The predicted molar refractivity (Wildman–Crippen MR) is 128 cm³/mol. The summed E-state index contributed by atoms with van der Waals surface area (Å²) < 4.78 is 6.84. The van der Waals surface area contributed by atoms with Crippen LogP contribution in [0.2, 0.25) is 0 Å². The minimum Gasteiger partial charge on any atom is -0.383 e. The van der Waals surface area contributed by atoms with Crippen molar-refractivity contribution < 1.29 is 14.3 Å². The fourth-order valence-corrected chi connectivity index (χ4v) is 3.69. The van der Waals surface area contributed by atoms with Crippen LogP contribution in [0, 0.1) is 0 Å². The molecule has 0 aliphatic heterocycles. The number of rotatable bonds is 9. The quantitative estimate of drug-likeness (QED) is 0.540. The van der Waals surface area contributed by atoms with Crippen molar-refractivity contribution >= 4 is 22.8 Å². The molecule has 0 aliphatic rings. The van der Waals surface area contributed by atoms with Gasteiger partial charge in [-0.15, -0.1) is 5.10 Å². The molecule has 0 spiro atoms. The number of methoxy groups -OCH3 is 1. The summed E-state index contributed by atoms with van der Waals surface area (Å²) in [6.07, 6.45) is 0.894. The van der Waals surface area contributed by atoms with Gasteiger partial charge in [-0.25, -0.2) is 4.68 Å². The number of aromatic nitrogens is 3. The highest BCUT2D eigenvalue weighted by molar-refractivity contribution is 5.89. The lowest BCUT2D eigenvalue weighted by Crippen LogP contribution is -2.50. The summed E-state index contributed by atoms with van der Waals surface area (Å²) in [6, 6.07) is 14.5. The van der Waals surface area contributed by atoms with Gasteiger partial charge < -0.3 is 15.0 Å². The maximum absolute atomic E-state index is 13.6. The van der Waals surface area contributed by atoms with Crippen molar-refractivity contribution in [3.63, 3.8) is 0 Å². The van der Waals surface area contributed by atoms with E-state index >= 15 is 0 Å². The molecule has 1 atom stereocenters. The van der Waals surface area contributed by atoms with Crippen LogP contribution in [0.5, 0.6) is 0 Å². The fourth-order valence-electron chi connectivity index (χ4n) is 3.69. The predicted octanol–water partition coefficient (Wildman–Crippen LogP) is 3.12. The Morgan fingerprint density at radius 2 is 1.82 bits per heavy atom. The average molecular weight is 452 g/mol. The molecule has 176 valence electrons. The average Bonchev–Trinajstić information content (AvgIpc) is 3.18. The van der Waals surface area contributed by atoms with Crippen LogP contribution in [0.1, 0.15) is 44.9 Å². The van der Waals surface area contributed by atoms with Crippen molar-refractivity contribution in [1.82, 2.24) is 25.2 Å². The number of para-hydroxylation sites is 1. The molecule has 8 nitrogen and oxygen atoms in total. The minimum absolute atomic E-state index is 0.0312. The largest absolute Gasteiger partial charge is 0.383 e. The van der Waals surface area contributed by atoms with Gasteiger partial charge in [0.25, 0.3) is 0 Å². The molecule has 0 aliphatic carbocycles. The highest BCUT2D eigenvalue weighted by Crippen LogP contribution is 2.24. The summed E-state index contributed by atoms with van der Waals surface area (Å²) in [5, 5.41) is 11.3. The van der Waals surface area contributed by atoms with Gasteiger partial charge >= 0.3 is 0 Å². The third kappa shape index (κ3) is 6.16. The monoisotopic (exact) mass is 451 g/mol. The first-order valence-electron chi connectivity index (χ1n) is 11.2. The van der Waals surface area contributed by atoms with Crippen molar-refractivity contribution in [1.29, 1.82) is 0 Å². The molecule has 2 amide bonds. The van der Waals surface area contributed by atoms with Gasteiger partial charge in [0.05, 0.1) is 12.1 Å². The van der Waals surface area contributed by atoms with E-state index in [1.54, 1.807) is 16.7 Å². The molecule has 33 heavy (non-hydrogen) atoms. The van der Waals surface area contributed by atoms with Gasteiger partial charge in [-0.3, -0.25) is 9.59 Å². The lowest BCUT2D eigenvalue weighted by atomic mass is 9.99. The number of fused-ring (bicyclic) bond motifs is 1. The summed E-state index contributed by atoms with van der Waals surface area (Å²) in [5.74, 6) is -0.476. The lowest BCUT2D eigenvalue weighted by Gasteiger charge is -2.33. The second-order valence-corrected chi connectivity index (χ2v) is 9.05. The van der Waals surface area contributed by atoms with Crippen molar-refractivity contribution in [3.05, 3.63) is 59.7 Å². The van der Waals surface area contributed by atoms with Crippen LogP contribution in [0.25, 0.3) is 11.0 Å². The Bertz CT molecular complexity index is 1090. The number of ether oxygens (including phenoxy) is 1. The molecule has 0 fully saturated rings. The Labute approximate surface area is 194 Å². The fraction of sp³-hybridized carbons (Fsp3) is 0.440. The zero-order valence-electron chi connectivity index (χ0n) is 20.0. The number of nitrogens with zero attached hydrogens (tertiary/aromatic N) is 4. The van der Waals surface area contributed by atoms with E-state index in [0.717, 1.165) is 23.1 Å². The molecule has 1 unspecified atom stereocenters. The Morgan fingerprint density at radius 3 is 2.45 bits per heavy atom. The van der Waals surface area contributed by atoms with Gasteiger partial charge in [0.2, 0.25) is 11.8 Å². The normalized spacial score (nSPS) is 12.5. The maximum atomic E-state index is 13.6. The standard InChI is InChI=1S/C25H33N5O3/c1-6-18-11-13-19(14-12-18)23(24(32)26-25(2,3)4)29(15-16-33-5)22(31)17-30-21-10-8-7-9-20(21)27-28-30/h7-14,23H,6,15-17H2,1-5H3,(H,26,32). The number of benzene rings is 2. The van der Waals surface area contributed by atoms with Gasteiger partial charge in [0.1, 0.15) is 18.1 Å². The van der Waals surface area contributed by atoms with Gasteiger partial charge in [-0.1, -0.05) is 48.5 Å². The zero-order valence-corrected chi connectivity index (χ0v) is 20.0. The van der Waals surface area contributed by atoms with E-state index < -0.39 is 11.6 Å². The first-order valence-corrected chi connectivity index (χ1v) is 11.2. The number of carbonyl (C=O) groups excluding carboxylic acids is 2. The molecule has 1 heterocycles. The number of hydrogen-bond donors (Lipinski definition) is 1. The molecule has 1 N–H and O–H groups in total. The number of amides is 2. The number of hydrogen-bond acceptors (Lipinski definition) is 5. The highest BCUT2D eigenvalue weighted by Gasteiger charge is 2.33. The van der Waals surface area contributed by atoms with Crippen LogP contribution in [0.4, 0.5) is 0 Å². The number of nitrogens with one attached hydrogen (secondary N) is 1. The summed E-state index contributed by atoms with van der Waals surface area (Å²) in [7, 11) is 1.58. The van der Waals surface area contributed by atoms with Crippen molar-refractivity contribution in [2.75, 3.05) is 20.3 Å². The summed E-state index contributed by atoms with van der Waals surface area (Å²) >= 11 is 0. The second-order valence-electron chi connectivity index (χ2n) is 9.05.